The second-order valence-corrected chi connectivity index (χ2v) is 8.50. The summed E-state index contributed by atoms with van der Waals surface area (Å²) in [6, 6.07) is 8.56. The van der Waals surface area contributed by atoms with Gasteiger partial charge >= 0.3 is 10.0 Å². The molecular formula is C18H17FN3O3S+. The predicted molar refractivity (Wildman–Crippen MR) is 95.4 cm³/mol. The monoisotopic (exact) mass is 374 g/mol. The fourth-order valence-electron chi connectivity index (χ4n) is 3.54. The quantitative estimate of drug-likeness (QED) is 0.715. The lowest BCUT2D eigenvalue weighted by Crippen LogP contribution is -2.58. The van der Waals surface area contributed by atoms with Gasteiger partial charge in [0.05, 0.1) is 24.6 Å². The molecule has 3 heterocycles. The predicted octanol–water partition coefficient (Wildman–Crippen LogP) is 2.76. The zero-order valence-corrected chi connectivity index (χ0v) is 14.7. The molecule has 8 heteroatoms. The lowest BCUT2D eigenvalue weighted by Gasteiger charge is -2.37. The zero-order valence-electron chi connectivity index (χ0n) is 13.9. The Labute approximate surface area is 149 Å². The molecule has 0 atom stereocenters. The Morgan fingerprint density at radius 2 is 1.88 bits per heavy atom. The molecule has 1 fully saturated rings. The maximum atomic E-state index is 13.7. The Morgan fingerprint density at radius 3 is 2.62 bits per heavy atom. The summed E-state index contributed by atoms with van der Waals surface area (Å²) in [7, 11) is -4.00. The molecule has 1 aliphatic rings. The minimum Gasteiger partial charge on any atom is -0.355 e. The number of fused-ring (bicyclic) bond motifs is 1. The lowest BCUT2D eigenvalue weighted by atomic mass is 10.1. The third kappa shape index (κ3) is 2.45. The molecule has 1 aliphatic heterocycles. The summed E-state index contributed by atoms with van der Waals surface area (Å²) in [6.45, 7) is 0.197. The van der Waals surface area contributed by atoms with Crippen molar-refractivity contribution in [1.82, 2.24) is 13.9 Å². The molecule has 0 spiro atoms. The fraction of sp³-hybridized carbons (Fsp3) is 0.222. The van der Waals surface area contributed by atoms with Gasteiger partial charge in [-0.3, -0.25) is 4.79 Å². The Bertz CT molecular complexity index is 1100. The van der Waals surface area contributed by atoms with Crippen LogP contribution in [-0.4, -0.2) is 37.3 Å². The van der Waals surface area contributed by atoms with Gasteiger partial charge in [0.25, 0.3) is 0 Å². The minimum absolute atomic E-state index is 0.0287. The smallest absolute Gasteiger partial charge is 0.332 e. The number of H-pyrrole nitrogens is 1. The molecule has 134 valence electrons. The number of quaternary nitrogens is 1. The molecule has 0 aliphatic carbocycles. The molecule has 0 amide bonds. The summed E-state index contributed by atoms with van der Waals surface area (Å²) in [5.41, 5.74) is 1.74. The third-order valence-electron chi connectivity index (χ3n) is 4.91. The molecule has 2 aromatic heterocycles. The van der Waals surface area contributed by atoms with E-state index in [1.807, 2.05) is 6.07 Å². The number of rotatable bonds is 3. The van der Waals surface area contributed by atoms with Gasteiger partial charge in [0, 0.05) is 6.20 Å². The number of aromatic amines is 1. The van der Waals surface area contributed by atoms with Crippen LogP contribution in [0.15, 0.2) is 53.7 Å². The van der Waals surface area contributed by atoms with Crippen molar-refractivity contribution in [2.45, 2.75) is 17.7 Å². The first-order valence-electron chi connectivity index (χ1n) is 8.26. The van der Waals surface area contributed by atoms with E-state index in [9.17, 15) is 17.6 Å². The Kier molecular flexibility index (Phi) is 3.89. The van der Waals surface area contributed by atoms with Crippen molar-refractivity contribution in [3.05, 3.63) is 54.6 Å². The van der Waals surface area contributed by atoms with Crippen molar-refractivity contribution in [2.24, 2.45) is 0 Å². The lowest BCUT2D eigenvalue weighted by molar-refractivity contribution is -0.120. The highest BCUT2D eigenvalue weighted by molar-refractivity contribution is 7.91. The van der Waals surface area contributed by atoms with Crippen molar-refractivity contribution in [3.63, 3.8) is 0 Å². The van der Waals surface area contributed by atoms with Gasteiger partial charge in [0.2, 0.25) is 0 Å². The molecule has 0 unspecified atom stereocenters. The van der Waals surface area contributed by atoms with E-state index in [-0.39, 0.29) is 36.6 Å². The topological polar surface area (TPSA) is 79.9 Å². The highest BCUT2D eigenvalue weighted by Gasteiger charge is 2.49. The molecule has 1 aromatic carbocycles. The van der Waals surface area contributed by atoms with E-state index in [0.717, 1.165) is 6.07 Å². The Balaban J connectivity index is 1.97. The number of ketones is 1. The number of aromatic nitrogens is 2. The summed E-state index contributed by atoms with van der Waals surface area (Å²) in [4.78, 5) is 19.1. The van der Waals surface area contributed by atoms with E-state index in [1.165, 1.54) is 18.2 Å². The van der Waals surface area contributed by atoms with Crippen LogP contribution >= 0.6 is 0 Å². The van der Waals surface area contributed by atoms with Crippen LogP contribution in [0.3, 0.4) is 0 Å². The SMILES string of the molecule is O=C1CC[N+](c2c[nH]c3cccnc23)(S(=O)(=O)c2cccc(F)c2)CC1. The summed E-state index contributed by atoms with van der Waals surface area (Å²) >= 11 is 0. The van der Waals surface area contributed by atoms with Gasteiger partial charge in [0.15, 0.2) is 5.69 Å². The van der Waals surface area contributed by atoms with Crippen LogP contribution in [0.25, 0.3) is 11.0 Å². The molecule has 1 saturated heterocycles. The second kappa shape index (κ2) is 6.00. The third-order valence-corrected chi connectivity index (χ3v) is 7.24. The van der Waals surface area contributed by atoms with E-state index in [2.05, 4.69) is 9.97 Å². The maximum Gasteiger partial charge on any atom is 0.332 e. The molecule has 0 bridgehead atoms. The number of nitrogens with zero attached hydrogens (tertiary/aromatic N) is 2. The molecule has 3 aromatic rings. The number of hydrogen-bond acceptors (Lipinski definition) is 4. The van der Waals surface area contributed by atoms with Gasteiger partial charge in [0.1, 0.15) is 35.1 Å². The molecule has 0 saturated carbocycles. The van der Waals surface area contributed by atoms with E-state index in [1.54, 1.807) is 18.5 Å². The average Bonchev–Trinajstić information content (AvgIpc) is 3.07. The van der Waals surface area contributed by atoms with E-state index in [0.29, 0.717) is 16.7 Å². The molecular weight excluding hydrogens is 357 g/mol. The molecule has 1 N–H and O–H groups in total. The second-order valence-electron chi connectivity index (χ2n) is 6.38. The number of carbonyl (C=O) groups excluding carboxylic acids is 1. The zero-order chi connectivity index (χ0) is 18.4. The normalized spacial score (nSPS) is 17.5. The number of halogens is 1. The van der Waals surface area contributed by atoms with E-state index < -0.39 is 19.7 Å². The summed E-state index contributed by atoms with van der Waals surface area (Å²) < 4.78 is 40.4. The van der Waals surface area contributed by atoms with Crippen LogP contribution in [0, 0.1) is 5.82 Å². The van der Waals surface area contributed by atoms with Crippen LogP contribution in [0.5, 0.6) is 0 Å². The largest absolute Gasteiger partial charge is 0.355 e. The van der Waals surface area contributed by atoms with Crippen molar-refractivity contribution in [2.75, 3.05) is 13.1 Å². The van der Waals surface area contributed by atoms with Gasteiger partial charge in [-0.15, -0.1) is 0 Å². The fourth-order valence-corrected chi connectivity index (χ4v) is 5.52. The van der Waals surface area contributed by atoms with Gasteiger partial charge in [-0.1, -0.05) is 6.07 Å². The van der Waals surface area contributed by atoms with Crippen molar-refractivity contribution >= 4 is 32.5 Å². The number of pyridine rings is 1. The van der Waals surface area contributed by atoms with E-state index in [4.69, 9.17) is 0 Å². The first-order valence-corrected chi connectivity index (χ1v) is 9.70. The summed E-state index contributed by atoms with van der Waals surface area (Å²) in [5.74, 6) is -0.588. The van der Waals surface area contributed by atoms with Crippen molar-refractivity contribution < 1.29 is 17.6 Å². The number of hydrogen-bond donors (Lipinski definition) is 1. The minimum atomic E-state index is -4.00. The molecule has 6 nitrogen and oxygen atoms in total. The molecule has 4 rings (SSSR count). The number of sulfonamides is 1. The number of nitrogens with one attached hydrogen (secondary N) is 1. The van der Waals surface area contributed by atoms with Gasteiger partial charge < -0.3 is 4.98 Å². The van der Waals surface area contributed by atoms with Gasteiger partial charge in [-0.2, -0.15) is 12.3 Å². The van der Waals surface area contributed by atoms with Crippen molar-refractivity contribution in [3.8, 4) is 0 Å². The standard InChI is InChI=1S/C18H17FN3O3S/c19-13-3-1-4-15(11-13)26(24,25)22(9-6-14(23)7-10-22)17-12-21-16-5-2-8-20-18(16)17/h1-5,8,11-12,21H,6-7,9-10H2/q+1. The Morgan fingerprint density at radius 1 is 1.12 bits per heavy atom. The number of piperidine rings is 1. The number of Topliss-reactive ketones (excluding diaryl/α,β-unsaturated/α-hetero) is 1. The van der Waals surface area contributed by atoms with Crippen LogP contribution < -0.4 is 3.89 Å². The van der Waals surface area contributed by atoms with Crippen LogP contribution in [0.1, 0.15) is 12.8 Å². The van der Waals surface area contributed by atoms with Crippen LogP contribution in [0.4, 0.5) is 10.1 Å². The average molecular weight is 374 g/mol. The highest BCUT2D eigenvalue weighted by atomic mass is 32.2. The van der Waals surface area contributed by atoms with Gasteiger partial charge in [-0.05, 0) is 30.3 Å². The first-order chi connectivity index (χ1) is 12.4. The van der Waals surface area contributed by atoms with Crippen LogP contribution in [-0.2, 0) is 14.8 Å². The van der Waals surface area contributed by atoms with Crippen molar-refractivity contribution in [1.29, 1.82) is 0 Å². The maximum absolute atomic E-state index is 13.7. The van der Waals surface area contributed by atoms with Gasteiger partial charge in [-0.25, -0.2) is 9.37 Å². The summed E-state index contributed by atoms with van der Waals surface area (Å²) in [6.07, 6.45) is 3.52. The van der Waals surface area contributed by atoms with Crippen LogP contribution in [0.2, 0.25) is 0 Å². The van der Waals surface area contributed by atoms with E-state index >= 15 is 0 Å². The Hall–Kier alpha value is -2.58. The molecule has 26 heavy (non-hydrogen) atoms. The number of benzene rings is 1. The molecule has 0 radical (unpaired) electrons. The first kappa shape index (κ1) is 16.9. The highest BCUT2D eigenvalue weighted by Crippen LogP contribution is 2.39. The summed E-state index contributed by atoms with van der Waals surface area (Å²) in [5, 5.41) is 0. The number of carbonyl (C=O) groups is 1.